The summed E-state index contributed by atoms with van der Waals surface area (Å²) in [5.41, 5.74) is 1.96. The Morgan fingerprint density at radius 1 is 1.29 bits per heavy atom. The summed E-state index contributed by atoms with van der Waals surface area (Å²) >= 11 is 0. The number of hydrogen-bond acceptors (Lipinski definition) is 4. The fraction of sp³-hybridized carbons (Fsp3) is 0.182. The van der Waals surface area contributed by atoms with E-state index in [0.29, 0.717) is 6.54 Å². The van der Waals surface area contributed by atoms with Gasteiger partial charge < -0.3 is 5.32 Å². The first-order chi connectivity index (χ1) is 8.31. The van der Waals surface area contributed by atoms with Crippen LogP contribution in [-0.4, -0.2) is 24.4 Å². The fourth-order valence-corrected chi connectivity index (χ4v) is 1.67. The zero-order valence-electron chi connectivity index (χ0n) is 9.41. The lowest BCUT2D eigenvalue weighted by atomic mass is 10.3. The van der Waals surface area contributed by atoms with Gasteiger partial charge in [-0.2, -0.15) is 10.2 Å². The quantitative estimate of drug-likeness (QED) is 0.728. The van der Waals surface area contributed by atoms with Crippen LogP contribution in [0.25, 0.3) is 5.65 Å². The van der Waals surface area contributed by atoms with Crippen LogP contribution in [0.1, 0.15) is 5.56 Å². The molecule has 0 radical (unpaired) electrons. The van der Waals surface area contributed by atoms with Gasteiger partial charge in [-0.25, -0.2) is 9.50 Å². The predicted molar refractivity (Wildman–Crippen MR) is 63.5 cm³/mol. The Balaban J connectivity index is 1.76. The maximum absolute atomic E-state index is 4.42. The van der Waals surface area contributed by atoms with E-state index in [-0.39, 0.29) is 0 Å². The van der Waals surface area contributed by atoms with Gasteiger partial charge in [0.05, 0.1) is 12.4 Å². The molecule has 0 aliphatic rings. The first-order valence-corrected chi connectivity index (χ1v) is 5.33. The molecule has 1 N–H and O–H groups in total. The minimum atomic E-state index is 0.713. The van der Waals surface area contributed by atoms with Crippen molar-refractivity contribution >= 4 is 11.5 Å². The summed E-state index contributed by atoms with van der Waals surface area (Å²) < 4.78 is 3.51. The van der Waals surface area contributed by atoms with E-state index in [9.17, 15) is 0 Å². The number of nitrogens with one attached hydrogen (secondary N) is 1. The molecule has 0 atom stereocenters. The Bertz CT molecular complexity index is 638. The maximum atomic E-state index is 4.42. The van der Waals surface area contributed by atoms with Crippen LogP contribution < -0.4 is 5.32 Å². The molecular weight excluding hydrogens is 216 g/mol. The molecule has 0 bridgehead atoms. The monoisotopic (exact) mass is 228 g/mol. The van der Waals surface area contributed by atoms with E-state index in [0.717, 1.165) is 17.0 Å². The second-order valence-corrected chi connectivity index (χ2v) is 3.82. The second-order valence-electron chi connectivity index (χ2n) is 3.82. The van der Waals surface area contributed by atoms with Crippen LogP contribution in [0.3, 0.4) is 0 Å². The van der Waals surface area contributed by atoms with Crippen molar-refractivity contribution in [2.75, 3.05) is 5.32 Å². The van der Waals surface area contributed by atoms with Gasteiger partial charge in [0.15, 0.2) is 5.65 Å². The van der Waals surface area contributed by atoms with Crippen molar-refractivity contribution in [3.05, 3.63) is 42.5 Å². The molecule has 0 aliphatic heterocycles. The lowest BCUT2D eigenvalue weighted by molar-refractivity contribution is 0.767. The Morgan fingerprint density at radius 2 is 2.24 bits per heavy atom. The average Bonchev–Trinajstić information content (AvgIpc) is 2.94. The van der Waals surface area contributed by atoms with E-state index in [1.807, 2.05) is 37.8 Å². The standard InChI is InChI=1S/C11H12N6/c1-16-8-9(7-14-16)6-12-10-3-5-17-11(15-10)2-4-13-17/h2-5,7-8H,6H2,1H3,(H,12,15). The molecule has 17 heavy (non-hydrogen) atoms. The van der Waals surface area contributed by atoms with Crippen LogP contribution in [0.2, 0.25) is 0 Å². The van der Waals surface area contributed by atoms with Crippen molar-refractivity contribution in [2.24, 2.45) is 7.05 Å². The van der Waals surface area contributed by atoms with Crippen molar-refractivity contribution < 1.29 is 0 Å². The molecule has 0 unspecified atom stereocenters. The van der Waals surface area contributed by atoms with Gasteiger partial charge in [-0.15, -0.1) is 0 Å². The number of hydrogen-bond donors (Lipinski definition) is 1. The number of rotatable bonds is 3. The molecule has 0 saturated heterocycles. The van der Waals surface area contributed by atoms with E-state index in [4.69, 9.17) is 0 Å². The van der Waals surface area contributed by atoms with Crippen molar-refractivity contribution in [1.29, 1.82) is 0 Å². The molecule has 0 amide bonds. The summed E-state index contributed by atoms with van der Waals surface area (Å²) in [6.07, 6.45) is 7.43. The molecule has 0 aromatic carbocycles. The van der Waals surface area contributed by atoms with Crippen molar-refractivity contribution in [3.63, 3.8) is 0 Å². The Kier molecular flexibility index (Phi) is 2.25. The summed E-state index contributed by atoms with van der Waals surface area (Å²) in [5.74, 6) is 0.835. The SMILES string of the molecule is Cn1cc(CNc2ccn3nccc3n2)cn1. The van der Waals surface area contributed by atoms with Crippen LogP contribution in [0, 0.1) is 0 Å². The largest absolute Gasteiger partial charge is 0.366 e. The van der Waals surface area contributed by atoms with Crippen molar-refractivity contribution in [1.82, 2.24) is 24.4 Å². The van der Waals surface area contributed by atoms with Crippen LogP contribution in [0.15, 0.2) is 36.9 Å². The second kappa shape index (κ2) is 3.89. The number of fused-ring (bicyclic) bond motifs is 1. The normalized spacial score (nSPS) is 10.9. The first kappa shape index (κ1) is 9.83. The lowest BCUT2D eigenvalue weighted by Crippen LogP contribution is -2.02. The van der Waals surface area contributed by atoms with Crippen LogP contribution in [0.4, 0.5) is 5.82 Å². The molecule has 3 aromatic heterocycles. The molecule has 0 spiro atoms. The highest BCUT2D eigenvalue weighted by Crippen LogP contribution is 2.07. The molecule has 0 fully saturated rings. The molecule has 86 valence electrons. The van der Waals surface area contributed by atoms with E-state index < -0.39 is 0 Å². The minimum absolute atomic E-state index is 0.713. The molecule has 3 rings (SSSR count). The third kappa shape index (κ3) is 1.96. The zero-order chi connectivity index (χ0) is 11.7. The molecule has 6 heteroatoms. The molecule has 6 nitrogen and oxygen atoms in total. The van der Waals surface area contributed by atoms with Crippen LogP contribution >= 0.6 is 0 Å². The van der Waals surface area contributed by atoms with Gasteiger partial charge in [-0.3, -0.25) is 4.68 Å². The zero-order valence-corrected chi connectivity index (χ0v) is 9.41. The van der Waals surface area contributed by atoms with Crippen LogP contribution in [-0.2, 0) is 13.6 Å². The van der Waals surface area contributed by atoms with Gasteiger partial charge in [0, 0.05) is 37.6 Å². The van der Waals surface area contributed by atoms with Gasteiger partial charge in [0.1, 0.15) is 5.82 Å². The molecule has 0 saturated carbocycles. The van der Waals surface area contributed by atoms with Gasteiger partial charge >= 0.3 is 0 Å². The van der Waals surface area contributed by atoms with Gasteiger partial charge in [0.25, 0.3) is 0 Å². The van der Waals surface area contributed by atoms with E-state index >= 15 is 0 Å². The van der Waals surface area contributed by atoms with Crippen molar-refractivity contribution in [3.8, 4) is 0 Å². The number of nitrogens with zero attached hydrogens (tertiary/aromatic N) is 5. The Hall–Kier alpha value is -2.37. The van der Waals surface area contributed by atoms with Gasteiger partial charge in [0.2, 0.25) is 0 Å². The molecule has 0 aliphatic carbocycles. The van der Waals surface area contributed by atoms with E-state index in [1.165, 1.54) is 0 Å². The number of aryl methyl sites for hydroxylation is 1. The molecule has 3 heterocycles. The molecule has 3 aromatic rings. The Morgan fingerprint density at radius 3 is 3.06 bits per heavy atom. The third-order valence-corrected chi connectivity index (χ3v) is 2.49. The van der Waals surface area contributed by atoms with Gasteiger partial charge in [-0.05, 0) is 6.07 Å². The predicted octanol–water partition coefficient (Wildman–Crippen LogP) is 1.07. The summed E-state index contributed by atoms with van der Waals surface area (Å²) in [6, 6.07) is 3.77. The summed E-state index contributed by atoms with van der Waals surface area (Å²) in [6.45, 7) is 0.713. The summed E-state index contributed by atoms with van der Waals surface area (Å²) in [7, 11) is 1.90. The highest BCUT2D eigenvalue weighted by molar-refractivity contribution is 5.45. The van der Waals surface area contributed by atoms with Crippen molar-refractivity contribution in [2.45, 2.75) is 6.54 Å². The lowest BCUT2D eigenvalue weighted by Gasteiger charge is -2.03. The number of anilines is 1. The van der Waals surface area contributed by atoms with Crippen LogP contribution in [0.5, 0.6) is 0 Å². The van der Waals surface area contributed by atoms with E-state index in [1.54, 1.807) is 15.4 Å². The van der Waals surface area contributed by atoms with Gasteiger partial charge in [-0.1, -0.05) is 0 Å². The topological polar surface area (TPSA) is 60.0 Å². The highest BCUT2D eigenvalue weighted by atomic mass is 15.3. The summed E-state index contributed by atoms with van der Waals surface area (Å²) in [4.78, 5) is 4.42. The molecular formula is C11H12N6. The first-order valence-electron chi connectivity index (χ1n) is 5.33. The maximum Gasteiger partial charge on any atom is 0.157 e. The fourth-order valence-electron chi connectivity index (χ4n) is 1.67. The summed E-state index contributed by atoms with van der Waals surface area (Å²) in [5, 5.41) is 11.5. The Labute approximate surface area is 97.9 Å². The third-order valence-electron chi connectivity index (χ3n) is 2.49. The number of aromatic nitrogens is 5. The minimum Gasteiger partial charge on any atom is -0.366 e. The smallest absolute Gasteiger partial charge is 0.157 e. The highest BCUT2D eigenvalue weighted by Gasteiger charge is 1.99. The average molecular weight is 228 g/mol. The van der Waals surface area contributed by atoms with E-state index in [2.05, 4.69) is 20.5 Å².